The lowest BCUT2D eigenvalue weighted by atomic mass is 10.1. The van der Waals surface area contributed by atoms with Gasteiger partial charge in [0.2, 0.25) is 0 Å². The van der Waals surface area contributed by atoms with Gasteiger partial charge in [0.15, 0.2) is 5.78 Å². The van der Waals surface area contributed by atoms with E-state index in [9.17, 15) is 9.59 Å². The molecule has 1 aromatic carbocycles. The van der Waals surface area contributed by atoms with Gasteiger partial charge in [-0.25, -0.2) is 0 Å². The van der Waals surface area contributed by atoms with Crippen LogP contribution >= 0.6 is 15.9 Å². The molecule has 0 saturated carbocycles. The molecule has 96 valence electrons. The predicted molar refractivity (Wildman–Crippen MR) is 71.5 cm³/mol. The fraction of sp³-hybridized carbons (Fsp3) is 0.429. The molecule has 1 aromatic rings. The lowest BCUT2D eigenvalue weighted by molar-refractivity contribution is -0.146. The summed E-state index contributed by atoms with van der Waals surface area (Å²) in [7, 11) is 0. The topological polar surface area (TPSA) is 43.4 Å². The quantitative estimate of drug-likeness (QED) is 0.487. The fourth-order valence-electron chi connectivity index (χ4n) is 2.08. The molecule has 1 aliphatic carbocycles. The summed E-state index contributed by atoms with van der Waals surface area (Å²) in [5.41, 5.74) is 1.57. The monoisotopic (exact) mass is 310 g/mol. The molecule has 0 amide bonds. The minimum Gasteiger partial charge on any atom is -0.465 e. The summed E-state index contributed by atoms with van der Waals surface area (Å²) in [5.74, 6) is -1.15. The molecule has 0 aliphatic heterocycles. The number of hydrogen-bond donors (Lipinski definition) is 0. The second-order valence-corrected chi connectivity index (χ2v) is 5.36. The average Bonchev–Trinajstić information content (AvgIpc) is 2.66. The van der Waals surface area contributed by atoms with Crippen molar-refractivity contribution in [2.75, 3.05) is 6.61 Å². The van der Waals surface area contributed by atoms with Crippen LogP contribution in [-0.2, 0) is 16.0 Å². The number of unbranched alkanes of at least 4 members (excludes halogenated alkanes) is 1. The molecule has 0 aromatic heterocycles. The van der Waals surface area contributed by atoms with E-state index >= 15 is 0 Å². The molecule has 0 radical (unpaired) electrons. The van der Waals surface area contributed by atoms with Crippen LogP contribution in [0, 0.1) is 5.92 Å². The Labute approximate surface area is 115 Å². The number of esters is 1. The number of hydrogen-bond acceptors (Lipinski definition) is 3. The Hall–Kier alpha value is -1.16. The Kier molecular flexibility index (Phi) is 4.17. The number of halogens is 1. The highest BCUT2D eigenvalue weighted by atomic mass is 79.9. The third-order valence-corrected chi connectivity index (χ3v) is 3.59. The number of carbonyl (C=O) groups is 2. The van der Waals surface area contributed by atoms with E-state index in [0.29, 0.717) is 18.6 Å². The second kappa shape index (κ2) is 5.65. The number of fused-ring (bicyclic) bond motifs is 1. The Morgan fingerprint density at radius 2 is 2.28 bits per heavy atom. The first-order valence-electron chi connectivity index (χ1n) is 6.12. The van der Waals surface area contributed by atoms with Crippen LogP contribution in [-0.4, -0.2) is 18.4 Å². The summed E-state index contributed by atoms with van der Waals surface area (Å²) in [6.45, 7) is 2.43. The van der Waals surface area contributed by atoms with Crippen LogP contribution in [0.2, 0.25) is 0 Å². The van der Waals surface area contributed by atoms with Gasteiger partial charge >= 0.3 is 5.97 Å². The Bertz CT molecular complexity index is 482. The van der Waals surface area contributed by atoms with Crippen molar-refractivity contribution >= 4 is 27.7 Å². The van der Waals surface area contributed by atoms with Gasteiger partial charge in [0.05, 0.1) is 6.61 Å². The van der Waals surface area contributed by atoms with Crippen LogP contribution in [0.25, 0.3) is 0 Å². The van der Waals surface area contributed by atoms with E-state index in [1.54, 1.807) is 6.07 Å². The van der Waals surface area contributed by atoms with E-state index in [1.807, 2.05) is 19.1 Å². The molecule has 2 rings (SSSR count). The molecule has 0 saturated heterocycles. The van der Waals surface area contributed by atoms with E-state index in [-0.39, 0.29) is 11.8 Å². The zero-order valence-corrected chi connectivity index (χ0v) is 11.8. The van der Waals surface area contributed by atoms with E-state index < -0.39 is 5.92 Å². The number of carbonyl (C=O) groups excluding carboxylic acids is 2. The van der Waals surface area contributed by atoms with Crippen molar-refractivity contribution in [3.63, 3.8) is 0 Å². The third-order valence-electron chi connectivity index (χ3n) is 3.10. The molecule has 0 heterocycles. The highest BCUT2D eigenvalue weighted by Crippen LogP contribution is 2.29. The minimum atomic E-state index is -0.647. The molecule has 0 fully saturated rings. The maximum absolute atomic E-state index is 12.1. The molecule has 1 unspecified atom stereocenters. The van der Waals surface area contributed by atoms with Gasteiger partial charge in [0.25, 0.3) is 0 Å². The molecular formula is C14H15BrO3. The Morgan fingerprint density at radius 3 is 3.00 bits per heavy atom. The summed E-state index contributed by atoms with van der Waals surface area (Å²) < 4.78 is 6.05. The molecule has 18 heavy (non-hydrogen) atoms. The van der Waals surface area contributed by atoms with Gasteiger partial charge in [-0.15, -0.1) is 0 Å². The fourth-order valence-corrected chi connectivity index (χ4v) is 2.49. The molecule has 4 heteroatoms. The van der Waals surface area contributed by atoms with E-state index in [4.69, 9.17) is 4.74 Å². The average molecular weight is 311 g/mol. The van der Waals surface area contributed by atoms with E-state index in [0.717, 1.165) is 22.9 Å². The lowest BCUT2D eigenvalue weighted by Gasteiger charge is -2.07. The standard InChI is InChI=1S/C14H15BrO3/c1-2-3-6-18-14(17)12-8-9-7-10(15)4-5-11(9)13(12)16/h4-5,7,12H,2-3,6,8H2,1H3. The van der Waals surface area contributed by atoms with Crippen LogP contribution in [0.5, 0.6) is 0 Å². The molecule has 0 N–H and O–H groups in total. The largest absolute Gasteiger partial charge is 0.465 e. The van der Waals surface area contributed by atoms with Crippen molar-refractivity contribution in [1.29, 1.82) is 0 Å². The summed E-state index contributed by atoms with van der Waals surface area (Å²) >= 11 is 3.37. The first-order chi connectivity index (χ1) is 8.63. The molecule has 1 aliphatic rings. The van der Waals surface area contributed by atoms with Crippen molar-refractivity contribution in [1.82, 2.24) is 0 Å². The SMILES string of the molecule is CCCCOC(=O)C1Cc2cc(Br)ccc2C1=O. The second-order valence-electron chi connectivity index (χ2n) is 4.44. The van der Waals surface area contributed by atoms with Gasteiger partial charge in [-0.05, 0) is 36.6 Å². The molecular weight excluding hydrogens is 296 g/mol. The van der Waals surface area contributed by atoms with Crippen LogP contribution < -0.4 is 0 Å². The van der Waals surface area contributed by atoms with Crippen molar-refractivity contribution in [3.05, 3.63) is 33.8 Å². The van der Waals surface area contributed by atoms with Crippen LogP contribution in [0.1, 0.15) is 35.7 Å². The summed E-state index contributed by atoms with van der Waals surface area (Å²) in [4.78, 5) is 23.9. The lowest BCUT2D eigenvalue weighted by Crippen LogP contribution is -2.23. The summed E-state index contributed by atoms with van der Waals surface area (Å²) in [6, 6.07) is 5.48. The summed E-state index contributed by atoms with van der Waals surface area (Å²) in [6.07, 6.45) is 2.27. The first-order valence-corrected chi connectivity index (χ1v) is 6.92. The maximum Gasteiger partial charge on any atom is 0.317 e. The van der Waals surface area contributed by atoms with Crippen LogP contribution in [0.3, 0.4) is 0 Å². The van der Waals surface area contributed by atoms with E-state index in [2.05, 4.69) is 15.9 Å². The molecule has 0 spiro atoms. The molecule has 0 bridgehead atoms. The van der Waals surface area contributed by atoms with E-state index in [1.165, 1.54) is 0 Å². The van der Waals surface area contributed by atoms with Gasteiger partial charge in [-0.1, -0.05) is 29.3 Å². The summed E-state index contributed by atoms with van der Waals surface area (Å²) in [5, 5.41) is 0. The predicted octanol–water partition coefficient (Wildman–Crippen LogP) is 3.15. The van der Waals surface area contributed by atoms with Gasteiger partial charge in [0.1, 0.15) is 5.92 Å². The number of Topliss-reactive ketones (excluding diaryl/α,β-unsaturated/α-hetero) is 1. The van der Waals surface area contributed by atoms with Gasteiger partial charge in [-0.2, -0.15) is 0 Å². The zero-order valence-electron chi connectivity index (χ0n) is 10.2. The minimum absolute atomic E-state index is 0.112. The highest BCUT2D eigenvalue weighted by molar-refractivity contribution is 9.10. The maximum atomic E-state index is 12.1. The van der Waals surface area contributed by atoms with Crippen LogP contribution in [0.15, 0.2) is 22.7 Å². The number of ketones is 1. The Balaban J connectivity index is 2.06. The number of rotatable bonds is 4. The first kappa shape index (κ1) is 13.3. The van der Waals surface area contributed by atoms with Crippen molar-refractivity contribution < 1.29 is 14.3 Å². The Morgan fingerprint density at radius 1 is 1.50 bits per heavy atom. The van der Waals surface area contributed by atoms with Gasteiger partial charge in [-0.3, -0.25) is 9.59 Å². The van der Waals surface area contributed by atoms with Crippen molar-refractivity contribution in [3.8, 4) is 0 Å². The van der Waals surface area contributed by atoms with Crippen LogP contribution in [0.4, 0.5) is 0 Å². The normalized spacial score (nSPS) is 17.7. The highest BCUT2D eigenvalue weighted by Gasteiger charge is 2.36. The molecule has 3 nitrogen and oxygen atoms in total. The van der Waals surface area contributed by atoms with Crippen molar-refractivity contribution in [2.45, 2.75) is 26.2 Å². The zero-order chi connectivity index (χ0) is 13.1. The van der Waals surface area contributed by atoms with Gasteiger partial charge in [0, 0.05) is 10.0 Å². The smallest absolute Gasteiger partial charge is 0.317 e. The van der Waals surface area contributed by atoms with Crippen molar-refractivity contribution in [2.24, 2.45) is 5.92 Å². The molecule has 1 atom stereocenters. The van der Waals surface area contributed by atoms with Gasteiger partial charge < -0.3 is 4.74 Å². The number of ether oxygens (including phenoxy) is 1. The number of benzene rings is 1. The third kappa shape index (κ3) is 2.64.